The van der Waals surface area contributed by atoms with Crippen LogP contribution in [0.5, 0.6) is 0 Å². The number of nitrogens with zero attached hydrogens (tertiary/aromatic N) is 3. The van der Waals surface area contributed by atoms with Gasteiger partial charge in [-0.2, -0.15) is 0 Å². The number of imidazole rings is 1. The molecule has 2 rings (SSSR count). The molecule has 1 aliphatic rings. The van der Waals surface area contributed by atoms with Crippen LogP contribution < -0.4 is 5.73 Å². The van der Waals surface area contributed by atoms with Gasteiger partial charge in [-0.15, -0.1) is 0 Å². The second-order valence-electron chi connectivity index (χ2n) is 5.77. The van der Waals surface area contributed by atoms with Crippen LogP contribution in [0.25, 0.3) is 0 Å². The number of hydrogen-bond donors (Lipinski definition) is 1. The summed E-state index contributed by atoms with van der Waals surface area (Å²) in [6.07, 6.45) is 6.00. The Morgan fingerprint density at radius 3 is 2.91 bits per heavy atom. The fourth-order valence-electron chi connectivity index (χ4n) is 3.33. The lowest BCUT2D eigenvalue weighted by Crippen LogP contribution is -2.53. The minimum atomic E-state index is -0.607. The van der Waals surface area contributed by atoms with Gasteiger partial charge < -0.3 is 19.9 Å². The van der Waals surface area contributed by atoms with Gasteiger partial charge in [0.1, 0.15) is 12.4 Å². The van der Waals surface area contributed by atoms with Crippen LogP contribution >= 0.6 is 0 Å². The van der Waals surface area contributed by atoms with Gasteiger partial charge >= 0.3 is 0 Å². The lowest BCUT2D eigenvalue weighted by Gasteiger charge is -2.37. The lowest BCUT2D eigenvalue weighted by molar-refractivity contribution is -0.139. The van der Waals surface area contributed by atoms with E-state index < -0.39 is 11.4 Å². The zero-order chi connectivity index (χ0) is 16.2. The average Bonchev–Trinajstić information content (AvgIpc) is 3.05. The van der Waals surface area contributed by atoms with Crippen molar-refractivity contribution in [1.29, 1.82) is 0 Å². The number of hydrogen-bond acceptors (Lipinski definition) is 4. The van der Waals surface area contributed by atoms with Crippen LogP contribution in [0.15, 0.2) is 12.4 Å². The second-order valence-corrected chi connectivity index (χ2v) is 5.77. The summed E-state index contributed by atoms with van der Waals surface area (Å²) in [5.74, 6) is 0.442. The highest BCUT2D eigenvalue weighted by atomic mass is 16.5. The molecule has 0 bridgehead atoms. The van der Waals surface area contributed by atoms with Gasteiger partial charge in [0.2, 0.25) is 11.8 Å². The molecule has 0 unspecified atom stereocenters. The van der Waals surface area contributed by atoms with E-state index in [0.717, 1.165) is 25.1 Å². The zero-order valence-electron chi connectivity index (χ0n) is 13.2. The summed E-state index contributed by atoms with van der Waals surface area (Å²) in [4.78, 5) is 30.2. The lowest BCUT2D eigenvalue weighted by atomic mass is 9.92. The van der Waals surface area contributed by atoms with Crippen LogP contribution in [0.1, 0.15) is 32.0 Å². The van der Waals surface area contributed by atoms with Crippen LogP contribution in [-0.4, -0.2) is 52.1 Å². The number of aryl methyl sites for hydroxylation is 1. The van der Waals surface area contributed by atoms with Crippen molar-refractivity contribution in [3.05, 3.63) is 18.2 Å². The normalized spacial score (nSPS) is 21.3. The van der Waals surface area contributed by atoms with Crippen molar-refractivity contribution in [3.63, 3.8) is 0 Å². The first-order valence-electron chi connectivity index (χ1n) is 7.60. The molecule has 0 aliphatic carbocycles. The number of carbonyl (C=O) groups excluding carboxylic acids is 2. The number of likely N-dealkylation sites (tertiary alicyclic amines) is 1. The summed E-state index contributed by atoms with van der Waals surface area (Å²) >= 11 is 0. The molecule has 0 saturated carbocycles. The fourth-order valence-corrected chi connectivity index (χ4v) is 3.33. The third-order valence-electron chi connectivity index (χ3n) is 4.24. The number of nitrogens with two attached hydrogens (primary N) is 1. The summed E-state index contributed by atoms with van der Waals surface area (Å²) in [7, 11) is 1.58. The number of ether oxygens (including phenoxy) is 1. The zero-order valence-corrected chi connectivity index (χ0v) is 13.2. The molecule has 122 valence electrons. The Kier molecular flexibility index (Phi) is 5.18. The van der Waals surface area contributed by atoms with Gasteiger partial charge in [0.15, 0.2) is 0 Å². The Balaban J connectivity index is 2.17. The Morgan fingerprint density at radius 2 is 2.27 bits per heavy atom. The van der Waals surface area contributed by atoms with Gasteiger partial charge in [-0.25, -0.2) is 4.98 Å². The fraction of sp³-hybridized carbons (Fsp3) is 0.667. The predicted molar refractivity (Wildman–Crippen MR) is 81.0 cm³/mol. The molecule has 0 radical (unpaired) electrons. The minimum Gasteiger partial charge on any atom is -0.382 e. The molecule has 2 heterocycles. The standard InChI is InChI=1S/C15H24N4O3/c1-3-13-17-6-8-18(13)10-14(21)19-7-4-5-15(19,11-22-2)9-12(16)20/h6,8H,3-5,7,9-11H2,1-2H3,(H2,16,20)/t15-/m0/s1. The first-order chi connectivity index (χ1) is 10.5. The summed E-state index contributed by atoms with van der Waals surface area (Å²) in [5.41, 5.74) is 4.78. The van der Waals surface area contributed by atoms with Crippen molar-refractivity contribution in [2.45, 2.75) is 44.7 Å². The van der Waals surface area contributed by atoms with E-state index in [2.05, 4.69) is 4.98 Å². The van der Waals surface area contributed by atoms with Crippen LogP contribution in [-0.2, 0) is 27.3 Å². The quantitative estimate of drug-likeness (QED) is 0.786. The summed E-state index contributed by atoms with van der Waals surface area (Å²) in [6.45, 7) is 3.19. The molecular weight excluding hydrogens is 284 g/mol. The summed E-state index contributed by atoms with van der Waals surface area (Å²) in [6, 6.07) is 0. The van der Waals surface area contributed by atoms with E-state index in [1.807, 2.05) is 11.5 Å². The maximum atomic E-state index is 12.7. The first-order valence-corrected chi connectivity index (χ1v) is 7.60. The topological polar surface area (TPSA) is 90.4 Å². The van der Waals surface area contributed by atoms with Crippen molar-refractivity contribution in [1.82, 2.24) is 14.5 Å². The molecule has 0 spiro atoms. The van der Waals surface area contributed by atoms with E-state index in [9.17, 15) is 9.59 Å². The number of amides is 2. The van der Waals surface area contributed by atoms with Gasteiger partial charge in [-0.1, -0.05) is 6.92 Å². The van der Waals surface area contributed by atoms with Gasteiger partial charge in [-0.05, 0) is 12.8 Å². The van der Waals surface area contributed by atoms with E-state index in [4.69, 9.17) is 10.5 Å². The van der Waals surface area contributed by atoms with Crippen molar-refractivity contribution >= 4 is 11.8 Å². The molecule has 7 heteroatoms. The number of rotatable bonds is 7. The highest BCUT2D eigenvalue weighted by Gasteiger charge is 2.44. The molecule has 0 aromatic carbocycles. The minimum absolute atomic E-state index is 0.0245. The van der Waals surface area contributed by atoms with E-state index in [0.29, 0.717) is 13.2 Å². The molecule has 7 nitrogen and oxygen atoms in total. The Labute approximate surface area is 130 Å². The van der Waals surface area contributed by atoms with E-state index in [1.165, 1.54) is 0 Å². The number of carbonyl (C=O) groups is 2. The summed E-state index contributed by atoms with van der Waals surface area (Å²) in [5, 5.41) is 0. The van der Waals surface area contributed by atoms with Crippen molar-refractivity contribution in [2.75, 3.05) is 20.3 Å². The Hall–Kier alpha value is -1.89. The average molecular weight is 308 g/mol. The third-order valence-corrected chi connectivity index (χ3v) is 4.24. The van der Waals surface area contributed by atoms with E-state index in [1.54, 1.807) is 24.4 Å². The molecular formula is C15H24N4O3. The largest absolute Gasteiger partial charge is 0.382 e. The molecule has 1 atom stereocenters. The maximum absolute atomic E-state index is 12.7. The van der Waals surface area contributed by atoms with Crippen molar-refractivity contribution in [3.8, 4) is 0 Å². The maximum Gasteiger partial charge on any atom is 0.243 e. The molecule has 1 aliphatic heterocycles. The Bertz CT molecular complexity index is 543. The van der Waals surface area contributed by atoms with Crippen molar-refractivity contribution < 1.29 is 14.3 Å². The van der Waals surface area contributed by atoms with Gasteiger partial charge in [-0.3, -0.25) is 9.59 Å². The van der Waals surface area contributed by atoms with E-state index >= 15 is 0 Å². The van der Waals surface area contributed by atoms with E-state index in [-0.39, 0.29) is 18.9 Å². The van der Waals surface area contributed by atoms with Crippen LogP contribution in [0.4, 0.5) is 0 Å². The predicted octanol–water partition coefficient (Wildman–Crippen LogP) is 0.329. The van der Waals surface area contributed by atoms with Crippen LogP contribution in [0.3, 0.4) is 0 Å². The first kappa shape index (κ1) is 16.5. The van der Waals surface area contributed by atoms with Gasteiger partial charge in [0.25, 0.3) is 0 Å². The highest BCUT2D eigenvalue weighted by Crippen LogP contribution is 2.33. The molecule has 1 aromatic heterocycles. The third kappa shape index (κ3) is 3.30. The smallest absolute Gasteiger partial charge is 0.243 e. The molecule has 1 aromatic rings. The molecule has 2 amide bonds. The second kappa shape index (κ2) is 6.91. The molecule has 2 N–H and O–H groups in total. The number of methoxy groups -OCH3 is 1. The monoisotopic (exact) mass is 308 g/mol. The Morgan fingerprint density at radius 1 is 1.50 bits per heavy atom. The molecule has 1 fully saturated rings. The number of primary amides is 1. The van der Waals surface area contributed by atoms with Crippen LogP contribution in [0.2, 0.25) is 0 Å². The highest BCUT2D eigenvalue weighted by molar-refractivity contribution is 5.80. The number of aromatic nitrogens is 2. The molecule has 1 saturated heterocycles. The van der Waals surface area contributed by atoms with Crippen molar-refractivity contribution in [2.24, 2.45) is 5.73 Å². The van der Waals surface area contributed by atoms with Gasteiger partial charge in [0.05, 0.1) is 18.6 Å². The van der Waals surface area contributed by atoms with Gasteiger partial charge in [0, 0.05) is 32.5 Å². The summed E-state index contributed by atoms with van der Waals surface area (Å²) < 4.78 is 7.12. The SMILES string of the molecule is CCc1nccn1CC(=O)N1CCC[C@@]1(COC)CC(N)=O. The van der Waals surface area contributed by atoms with Crippen LogP contribution in [0, 0.1) is 0 Å². The molecule has 22 heavy (non-hydrogen) atoms.